The van der Waals surface area contributed by atoms with E-state index in [0.717, 1.165) is 25.7 Å². The number of hydrogen-bond donors (Lipinski definition) is 2. The first-order valence-corrected chi connectivity index (χ1v) is 5.85. The van der Waals surface area contributed by atoms with E-state index < -0.39 is 5.97 Å². The Hall–Kier alpha value is -1.26. The van der Waals surface area contributed by atoms with E-state index in [9.17, 15) is 9.59 Å². The average molecular weight is 226 g/mol. The van der Waals surface area contributed by atoms with Crippen LogP contribution in [-0.2, 0) is 4.79 Å². The fourth-order valence-corrected chi connectivity index (χ4v) is 2.18. The summed E-state index contributed by atoms with van der Waals surface area (Å²) < 4.78 is 0. The Morgan fingerprint density at radius 3 is 2.44 bits per heavy atom. The third-order valence-corrected chi connectivity index (χ3v) is 3.26. The largest absolute Gasteiger partial charge is 0.480 e. The highest BCUT2D eigenvalue weighted by Crippen LogP contribution is 2.29. The lowest BCUT2D eigenvalue weighted by molar-refractivity contribution is -0.137. The molecule has 5 nitrogen and oxygen atoms in total. The van der Waals surface area contributed by atoms with Crippen LogP contribution in [0, 0.1) is 5.92 Å². The van der Waals surface area contributed by atoms with Gasteiger partial charge in [-0.2, -0.15) is 0 Å². The number of nitrogens with zero attached hydrogens (tertiary/aromatic N) is 1. The van der Waals surface area contributed by atoms with Crippen molar-refractivity contribution in [2.45, 2.75) is 44.7 Å². The Balaban J connectivity index is 1.82. The van der Waals surface area contributed by atoms with Crippen LogP contribution in [0.25, 0.3) is 0 Å². The maximum Gasteiger partial charge on any atom is 0.323 e. The number of carboxylic acids is 1. The second kappa shape index (κ2) is 4.31. The van der Waals surface area contributed by atoms with Crippen molar-refractivity contribution in [3.63, 3.8) is 0 Å². The van der Waals surface area contributed by atoms with Crippen LogP contribution in [0.4, 0.5) is 4.79 Å². The minimum atomic E-state index is -0.941. The number of carbonyl (C=O) groups excluding carboxylic acids is 1. The van der Waals surface area contributed by atoms with Crippen molar-refractivity contribution < 1.29 is 14.7 Å². The first kappa shape index (κ1) is 11.2. The van der Waals surface area contributed by atoms with Gasteiger partial charge < -0.3 is 15.3 Å². The zero-order valence-corrected chi connectivity index (χ0v) is 9.48. The molecule has 0 aromatic rings. The molecule has 0 bridgehead atoms. The van der Waals surface area contributed by atoms with Gasteiger partial charge in [0.05, 0.1) is 0 Å². The predicted octanol–water partition coefficient (Wildman–Crippen LogP) is 1.04. The minimum Gasteiger partial charge on any atom is -0.480 e. The van der Waals surface area contributed by atoms with Gasteiger partial charge in [0.2, 0.25) is 0 Å². The van der Waals surface area contributed by atoms with Gasteiger partial charge in [0.1, 0.15) is 6.54 Å². The average Bonchev–Trinajstić information content (AvgIpc) is 2.94. The second-order valence-electron chi connectivity index (χ2n) is 4.98. The minimum absolute atomic E-state index is 0.147. The number of carboxylic acid groups (broad SMARTS) is 1. The molecular weight excluding hydrogens is 208 g/mol. The second-order valence-corrected chi connectivity index (χ2v) is 4.98. The molecule has 16 heavy (non-hydrogen) atoms. The van der Waals surface area contributed by atoms with Gasteiger partial charge in [0.15, 0.2) is 0 Å². The Bertz CT molecular complexity index is 296. The van der Waals surface area contributed by atoms with Crippen LogP contribution >= 0.6 is 0 Å². The van der Waals surface area contributed by atoms with E-state index in [-0.39, 0.29) is 24.7 Å². The molecule has 0 aliphatic heterocycles. The normalized spacial score (nSPS) is 28.1. The van der Waals surface area contributed by atoms with Crippen LogP contribution in [0.5, 0.6) is 0 Å². The van der Waals surface area contributed by atoms with Crippen molar-refractivity contribution >= 4 is 12.0 Å². The quantitative estimate of drug-likeness (QED) is 0.752. The van der Waals surface area contributed by atoms with Gasteiger partial charge in [-0.3, -0.25) is 4.79 Å². The maximum atomic E-state index is 11.8. The van der Waals surface area contributed by atoms with E-state index in [0.29, 0.717) is 5.92 Å². The lowest BCUT2D eigenvalue weighted by Gasteiger charge is -2.35. The molecular formula is C11H18N2O3. The zero-order valence-electron chi connectivity index (χ0n) is 9.48. The number of aliphatic carboxylic acids is 1. The van der Waals surface area contributed by atoms with Crippen molar-refractivity contribution in [2.24, 2.45) is 5.92 Å². The van der Waals surface area contributed by atoms with Gasteiger partial charge in [0, 0.05) is 12.1 Å². The summed E-state index contributed by atoms with van der Waals surface area (Å²) in [7, 11) is 0. The van der Waals surface area contributed by atoms with E-state index in [1.807, 2.05) is 0 Å². The van der Waals surface area contributed by atoms with Crippen molar-refractivity contribution in [1.29, 1.82) is 0 Å². The molecule has 0 saturated heterocycles. The molecule has 90 valence electrons. The molecule has 0 aromatic heterocycles. The van der Waals surface area contributed by atoms with Crippen LogP contribution in [0.2, 0.25) is 0 Å². The Morgan fingerprint density at radius 1 is 1.38 bits per heavy atom. The lowest BCUT2D eigenvalue weighted by Crippen LogP contribution is -2.51. The molecule has 0 spiro atoms. The summed E-state index contributed by atoms with van der Waals surface area (Å²) in [5.74, 6) is -0.261. The summed E-state index contributed by atoms with van der Waals surface area (Å²) in [5, 5.41) is 11.6. The summed E-state index contributed by atoms with van der Waals surface area (Å²) in [6.07, 6.45) is 3.89. The van der Waals surface area contributed by atoms with Crippen molar-refractivity contribution in [1.82, 2.24) is 10.2 Å². The van der Waals surface area contributed by atoms with E-state index >= 15 is 0 Å². The van der Waals surface area contributed by atoms with Gasteiger partial charge in [-0.25, -0.2) is 4.79 Å². The molecule has 5 heteroatoms. The first-order chi connectivity index (χ1) is 7.56. The molecule has 2 fully saturated rings. The fraction of sp³-hybridized carbons (Fsp3) is 0.818. The highest BCUT2D eigenvalue weighted by Gasteiger charge is 2.36. The number of nitrogens with one attached hydrogen (secondary N) is 1. The number of rotatable bonds is 4. The maximum absolute atomic E-state index is 11.8. The third-order valence-electron chi connectivity index (χ3n) is 3.26. The first-order valence-electron chi connectivity index (χ1n) is 5.85. The van der Waals surface area contributed by atoms with Gasteiger partial charge in [-0.05, 0) is 31.6 Å². The summed E-state index contributed by atoms with van der Waals surface area (Å²) in [6, 6.07) is 0.188. The Labute approximate surface area is 94.8 Å². The number of carbonyl (C=O) groups is 2. The van der Waals surface area contributed by atoms with E-state index in [1.165, 1.54) is 4.90 Å². The number of urea groups is 1. The molecule has 2 rings (SSSR count). The SMILES string of the molecule is CC1CC(NC(=O)N(CC(=O)O)C2CC2)C1. The molecule has 0 unspecified atom stereocenters. The smallest absolute Gasteiger partial charge is 0.323 e. The molecule has 2 aliphatic rings. The summed E-state index contributed by atoms with van der Waals surface area (Å²) in [6.45, 7) is 1.97. The molecule has 2 saturated carbocycles. The summed E-state index contributed by atoms with van der Waals surface area (Å²) >= 11 is 0. The van der Waals surface area contributed by atoms with Crippen LogP contribution in [0.1, 0.15) is 32.6 Å². The third kappa shape index (κ3) is 2.65. The van der Waals surface area contributed by atoms with Gasteiger partial charge >= 0.3 is 12.0 Å². The van der Waals surface area contributed by atoms with Gasteiger partial charge in [-0.1, -0.05) is 6.92 Å². The molecule has 2 amide bonds. The highest BCUT2D eigenvalue weighted by molar-refractivity contribution is 5.81. The summed E-state index contributed by atoms with van der Waals surface area (Å²) in [4.78, 5) is 23.9. The van der Waals surface area contributed by atoms with Crippen LogP contribution in [0.15, 0.2) is 0 Å². The topological polar surface area (TPSA) is 69.6 Å². The van der Waals surface area contributed by atoms with Gasteiger partial charge in [-0.15, -0.1) is 0 Å². The van der Waals surface area contributed by atoms with Crippen LogP contribution < -0.4 is 5.32 Å². The fourth-order valence-electron chi connectivity index (χ4n) is 2.18. The van der Waals surface area contributed by atoms with E-state index in [1.54, 1.807) is 0 Å². The summed E-state index contributed by atoms with van der Waals surface area (Å²) in [5.41, 5.74) is 0. The van der Waals surface area contributed by atoms with Gasteiger partial charge in [0.25, 0.3) is 0 Å². The van der Waals surface area contributed by atoms with E-state index in [4.69, 9.17) is 5.11 Å². The monoisotopic (exact) mass is 226 g/mol. The predicted molar refractivity (Wildman–Crippen MR) is 58.1 cm³/mol. The highest BCUT2D eigenvalue weighted by atomic mass is 16.4. The van der Waals surface area contributed by atoms with E-state index in [2.05, 4.69) is 12.2 Å². The standard InChI is InChI=1S/C11H18N2O3/c1-7-4-8(5-7)12-11(16)13(6-10(14)15)9-2-3-9/h7-9H,2-6H2,1H3,(H,12,16)(H,14,15). The van der Waals surface area contributed by atoms with Crippen molar-refractivity contribution in [3.05, 3.63) is 0 Å². The molecule has 0 aromatic carbocycles. The molecule has 0 heterocycles. The lowest BCUT2D eigenvalue weighted by atomic mass is 9.82. The molecule has 0 atom stereocenters. The number of amides is 2. The van der Waals surface area contributed by atoms with Crippen molar-refractivity contribution in [3.8, 4) is 0 Å². The van der Waals surface area contributed by atoms with Crippen molar-refractivity contribution in [2.75, 3.05) is 6.54 Å². The molecule has 0 radical (unpaired) electrons. The zero-order chi connectivity index (χ0) is 11.7. The number of hydrogen-bond acceptors (Lipinski definition) is 2. The van der Waals surface area contributed by atoms with Crippen LogP contribution in [0.3, 0.4) is 0 Å². The molecule has 2 N–H and O–H groups in total. The molecule has 2 aliphatic carbocycles. The Morgan fingerprint density at radius 2 is 2.00 bits per heavy atom. The Kier molecular flexibility index (Phi) is 3.03. The van der Waals surface area contributed by atoms with Crippen LogP contribution in [-0.4, -0.2) is 40.6 Å².